The Morgan fingerprint density at radius 2 is 2.00 bits per heavy atom. The zero-order chi connectivity index (χ0) is 14.5. The van der Waals surface area contributed by atoms with Gasteiger partial charge in [0.15, 0.2) is 0 Å². The van der Waals surface area contributed by atoms with Crippen LogP contribution in [0.15, 0.2) is 47.2 Å². The maximum Gasteiger partial charge on any atom is 0.128 e. The van der Waals surface area contributed by atoms with E-state index >= 15 is 0 Å². The van der Waals surface area contributed by atoms with Gasteiger partial charge in [-0.3, -0.25) is 4.98 Å². The fraction of sp³-hybridized carbons (Fsp3) is 0.0667. The van der Waals surface area contributed by atoms with Crippen LogP contribution < -0.4 is 4.74 Å². The van der Waals surface area contributed by atoms with Gasteiger partial charge in [-0.2, -0.15) is 5.26 Å². The molecule has 1 heterocycles. The van der Waals surface area contributed by atoms with Crippen LogP contribution in [-0.4, -0.2) is 12.1 Å². The third-order valence-electron chi connectivity index (χ3n) is 2.70. The molecule has 0 spiro atoms. The largest absolute Gasteiger partial charge is 0.496 e. The number of hydrogen-bond acceptors (Lipinski definition) is 3. The van der Waals surface area contributed by atoms with Gasteiger partial charge in [-0.25, -0.2) is 0 Å². The zero-order valence-electron chi connectivity index (χ0n) is 10.6. The van der Waals surface area contributed by atoms with Gasteiger partial charge >= 0.3 is 0 Å². The number of ether oxygens (including phenoxy) is 1. The van der Waals surface area contributed by atoms with Crippen molar-refractivity contribution in [3.63, 3.8) is 0 Å². The minimum absolute atomic E-state index is 0.350. The average molecular weight is 350 g/mol. The molecule has 0 N–H and O–H groups in total. The van der Waals surface area contributed by atoms with Gasteiger partial charge < -0.3 is 4.74 Å². The fourth-order valence-corrected chi connectivity index (χ4v) is 2.39. The first-order valence-corrected chi connectivity index (χ1v) is 6.88. The quantitative estimate of drug-likeness (QED) is 0.767. The molecule has 0 atom stereocenters. The van der Waals surface area contributed by atoms with E-state index in [1.165, 1.54) is 0 Å². The standard InChI is InChI=1S/C15H10BrClN2O/c1-20-14-8-11(16)2-3-12(14)15(17)13(9-18)10-4-6-19-7-5-10/h2-8H,1H3/b15-13+. The molecule has 5 heteroatoms. The number of methoxy groups -OCH3 is 1. The first-order chi connectivity index (χ1) is 9.67. The third kappa shape index (κ3) is 3.01. The molecule has 0 amide bonds. The molecule has 0 unspecified atom stereocenters. The molecule has 0 aliphatic rings. The number of pyridine rings is 1. The highest BCUT2D eigenvalue weighted by Crippen LogP contribution is 2.36. The first kappa shape index (κ1) is 14.6. The van der Waals surface area contributed by atoms with Crippen LogP contribution in [-0.2, 0) is 0 Å². The highest BCUT2D eigenvalue weighted by atomic mass is 79.9. The number of halogens is 2. The molecule has 1 aromatic heterocycles. The molecule has 20 heavy (non-hydrogen) atoms. The van der Waals surface area contributed by atoms with Crippen LogP contribution in [0.3, 0.4) is 0 Å². The lowest BCUT2D eigenvalue weighted by molar-refractivity contribution is 0.413. The maximum atomic E-state index is 9.37. The Morgan fingerprint density at radius 3 is 2.60 bits per heavy atom. The minimum atomic E-state index is 0.350. The Hall–Kier alpha value is -1.83. The summed E-state index contributed by atoms with van der Waals surface area (Å²) < 4.78 is 6.19. The van der Waals surface area contributed by atoms with Gasteiger partial charge in [0, 0.05) is 22.4 Å². The van der Waals surface area contributed by atoms with Crippen LogP contribution in [0.1, 0.15) is 11.1 Å². The summed E-state index contributed by atoms with van der Waals surface area (Å²) in [6, 6.07) is 11.1. The summed E-state index contributed by atoms with van der Waals surface area (Å²) in [6.07, 6.45) is 3.24. The number of rotatable bonds is 3. The van der Waals surface area contributed by atoms with Crippen LogP contribution in [0, 0.1) is 11.3 Å². The zero-order valence-corrected chi connectivity index (χ0v) is 12.9. The van der Waals surface area contributed by atoms with Gasteiger partial charge in [0.2, 0.25) is 0 Å². The smallest absolute Gasteiger partial charge is 0.128 e. The molecule has 0 saturated carbocycles. The summed E-state index contributed by atoms with van der Waals surface area (Å²) in [5.74, 6) is 0.603. The normalized spacial score (nSPS) is 11.5. The summed E-state index contributed by atoms with van der Waals surface area (Å²) in [5, 5.41) is 9.72. The van der Waals surface area contributed by atoms with Crippen LogP contribution in [0.2, 0.25) is 0 Å². The van der Waals surface area contributed by atoms with Gasteiger partial charge in [-0.1, -0.05) is 27.5 Å². The molecule has 0 saturated heterocycles. The average Bonchev–Trinajstić information content (AvgIpc) is 2.48. The lowest BCUT2D eigenvalue weighted by atomic mass is 10.0. The second kappa shape index (κ2) is 6.56. The molecule has 3 nitrogen and oxygen atoms in total. The van der Waals surface area contributed by atoms with E-state index in [9.17, 15) is 5.26 Å². The van der Waals surface area contributed by atoms with E-state index in [-0.39, 0.29) is 0 Å². The van der Waals surface area contributed by atoms with Gasteiger partial charge in [0.25, 0.3) is 0 Å². The molecular formula is C15H10BrClN2O. The lowest BCUT2D eigenvalue weighted by Crippen LogP contribution is -1.92. The molecule has 2 rings (SSSR count). The Kier molecular flexibility index (Phi) is 4.78. The fourth-order valence-electron chi connectivity index (χ4n) is 1.74. The molecule has 0 aliphatic carbocycles. The van der Waals surface area contributed by atoms with E-state index in [0.717, 1.165) is 10.0 Å². The summed E-state index contributed by atoms with van der Waals surface area (Å²) in [5.41, 5.74) is 1.78. The number of nitrogens with zero attached hydrogens (tertiary/aromatic N) is 2. The molecule has 1 aromatic carbocycles. The van der Waals surface area contributed by atoms with Crippen molar-refractivity contribution < 1.29 is 4.74 Å². The third-order valence-corrected chi connectivity index (χ3v) is 3.59. The van der Waals surface area contributed by atoms with Gasteiger partial charge in [0.1, 0.15) is 11.8 Å². The van der Waals surface area contributed by atoms with E-state index in [4.69, 9.17) is 16.3 Å². The summed E-state index contributed by atoms with van der Waals surface area (Å²) in [7, 11) is 1.56. The van der Waals surface area contributed by atoms with Crippen molar-refractivity contribution in [3.8, 4) is 11.8 Å². The SMILES string of the molecule is COc1cc(Br)ccc1/C(Cl)=C(/C#N)c1ccncc1. The van der Waals surface area contributed by atoms with E-state index in [2.05, 4.69) is 27.0 Å². The number of hydrogen-bond donors (Lipinski definition) is 0. The predicted octanol–water partition coefficient (Wildman–Crippen LogP) is 4.48. The van der Waals surface area contributed by atoms with Crippen LogP contribution in [0.4, 0.5) is 0 Å². The van der Waals surface area contributed by atoms with Gasteiger partial charge in [-0.15, -0.1) is 0 Å². The first-order valence-electron chi connectivity index (χ1n) is 5.71. The summed E-state index contributed by atoms with van der Waals surface area (Å²) in [4.78, 5) is 3.93. The Bertz CT molecular complexity index is 693. The Morgan fingerprint density at radius 1 is 1.30 bits per heavy atom. The van der Waals surface area contributed by atoms with Crippen molar-refractivity contribution in [3.05, 3.63) is 58.3 Å². The van der Waals surface area contributed by atoms with Crippen LogP contribution >= 0.6 is 27.5 Å². The summed E-state index contributed by atoms with van der Waals surface area (Å²) in [6.45, 7) is 0. The molecule has 2 aromatic rings. The monoisotopic (exact) mass is 348 g/mol. The van der Waals surface area contributed by atoms with E-state index < -0.39 is 0 Å². The van der Waals surface area contributed by atoms with Crippen molar-refractivity contribution in [2.75, 3.05) is 7.11 Å². The van der Waals surface area contributed by atoms with E-state index in [1.807, 2.05) is 12.1 Å². The molecule has 0 fully saturated rings. The molecule has 0 bridgehead atoms. The van der Waals surface area contributed by atoms with E-state index in [1.54, 1.807) is 37.7 Å². The van der Waals surface area contributed by atoms with Crippen molar-refractivity contribution >= 4 is 38.1 Å². The number of aromatic nitrogens is 1. The highest BCUT2D eigenvalue weighted by molar-refractivity contribution is 9.10. The topological polar surface area (TPSA) is 45.9 Å². The minimum Gasteiger partial charge on any atom is -0.496 e. The second-order valence-electron chi connectivity index (χ2n) is 3.88. The van der Waals surface area contributed by atoms with Crippen molar-refractivity contribution in [1.82, 2.24) is 4.98 Å². The second-order valence-corrected chi connectivity index (χ2v) is 5.17. The summed E-state index contributed by atoms with van der Waals surface area (Å²) >= 11 is 9.76. The predicted molar refractivity (Wildman–Crippen MR) is 83.2 cm³/mol. The number of nitriles is 1. The molecule has 100 valence electrons. The van der Waals surface area contributed by atoms with E-state index in [0.29, 0.717) is 21.9 Å². The van der Waals surface area contributed by atoms with Crippen molar-refractivity contribution in [1.29, 1.82) is 5.26 Å². The lowest BCUT2D eigenvalue weighted by Gasteiger charge is -2.10. The molecule has 0 aliphatic heterocycles. The van der Waals surface area contributed by atoms with Gasteiger partial charge in [-0.05, 0) is 35.9 Å². The Balaban J connectivity index is 2.61. The highest BCUT2D eigenvalue weighted by Gasteiger charge is 2.13. The van der Waals surface area contributed by atoms with Crippen molar-refractivity contribution in [2.45, 2.75) is 0 Å². The maximum absolute atomic E-state index is 9.37. The molecular weight excluding hydrogens is 340 g/mol. The number of allylic oxidation sites excluding steroid dienone is 1. The van der Waals surface area contributed by atoms with Gasteiger partial charge in [0.05, 0.1) is 17.7 Å². The van der Waals surface area contributed by atoms with Crippen molar-refractivity contribution in [2.24, 2.45) is 0 Å². The Labute approximate surface area is 130 Å². The van der Waals surface area contributed by atoms with Crippen LogP contribution in [0.5, 0.6) is 5.75 Å². The molecule has 0 radical (unpaired) electrons. The van der Waals surface area contributed by atoms with Crippen LogP contribution in [0.25, 0.3) is 10.6 Å². The number of benzene rings is 1.